The Hall–Kier alpha value is -0.730. The van der Waals surface area contributed by atoms with Gasteiger partial charge in [-0.2, -0.15) is 0 Å². The van der Waals surface area contributed by atoms with E-state index in [0.29, 0.717) is 14.8 Å². The molecule has 1 N–H and O–H groups in total. The molecule has 0 spiro atoms. The Balaban J connectivity index is 2.34. The number of nitrogens with one attached hydrogen (secondary N) is 1. The van der Waals surface area contributed by atoms with Gasteiger partial charge in [0.05, 0.1) is 15.5 Å². The number of fused-ring (bicyclic) bond motifs is 1. The zero-order valence-electron chi connectivity index (χ0n) is 9.45. The molecule has 0 radical (unpaired) electrons. The van der Waals surface area contributed by atoms with Crippen LogP contribution >= 0.6 is 50.7 Å². The Bertz CT molecular complexity index is 823. The highest BCUT2D eigenvalue weighted by Gasteiger charge is 2.10. The quantitative estimate of drug-likeness (QED) is 0.401. The van der Waals surface area contributed by atoms with Gasteiger partial charge in [-0.15, -0.1) is 0 Å². The standard InChI is InChI=1S/C13H7BrFIN2S/c14-9-5-12-11(6-10(9)15)17-13(19)18(12)8-3-1-7(16)2-4-8/h1-6H,(H,17,19). The summed E-state index contributed by atoms with van der Waals surface area (Å²) in [6.45, 7) is 0. The van der Waals surface area contributed by atoms with E-state index in [1.54, 1.807) is 6.07 Å². The van der Waals surface area contributed by atoms with Gasteiger partial charge in [-0.05, 0) is 81.1 Å². The highest BCUT2D eigenvalue weighted by Crippen LogP contribution is 2.25. The van der Waals surface area contributed by atoms with Crippen LogP contribution in [-0.4, -0.2) is 9.55 Å². The molecule has 3 rings (SSSR count). The summed E-state index contributed by atoms with van der Waals surface area (Å²) < 4.78 is 17.6. The third-order valence-electron chi connectivity index (χ3n) is 2.81. The van der Waals surface area contributed by atoms with E-state index in [1.807, 2.05) is 28.8 Å². The molecule has 1 aromatic heterocycles. The topological polar surface area (TPSA) is 20.7 Å². The van der Waals surface area contributed by atoms with Crippen molar-refractivity contribution in [1.82, 2.24) is 9.55 Å². The lowest BCUT2D eigenvalue weighted by Gasteiger charge is -2.05. The van der Waals surface area contributed by atoms with Crippen molar-refractivity contribution in [2.45, 2.75) is 0 Å². The number of rotatable bonds is 1. The second-order valence-corrected chi connectivity index (χ2v) is 6.51. The Morgan fingerprint density at radius 1 is 1.21 bits per heavy atom. The number of hydrogen-bond donors (Lipinski definition) is 1. The lowest BCUT2D eigenvalue weighted by molar-refractivity contribution is 0.623. The van der Waals surface area contributed by atoms with Crippen LogP contribution in [0.5, 0.6) is 0 Å². The van der Waals surface area contributed by atoms with Gasteiger partial charge in [-0.3, -0.25) is 4.57 Å². The molecule has 0 fully saturated rings. The van der Waals surface area contributed by atoms with Crippen molar-refractivity contribution in [2.24, 2.45) is 0 Å². The van der Waals surface area contributed by atoms with Gasteiger partial charge < -0.3 is 4.98 Å². The second-order valence-electron chi connectivity index (χ2n) is 4.03. The van der Waals surface area contributed by atoms with Crippen LogP contribution in [0.25, 0.3) is 16.7 Å². The third-order valence-corrected chi connectivity index (χ3v) is 4.42. The van der Waals surface area contributed by atoms with Crippen LogP contribution in [0.15, 0.2) is 40.9 Å². The van der Waals surface area contributed by atoms with E-state index < -0.39 is 0 Å². The molecule has 0 saturated carbocycles. The average Bonchev–Trinajstić information content (AvgIpc) is 2.67. The van der Waals surface area contributed by atoms with Gasteiger partial charge in [0.2, 0.25) is 0 Å². The second kappa shape index (κ2) is 4.99. The van der Waals surface area contributed by atoms with Gasteiger partial charge in [0, 0.05) is 15.3 Å². The molecule has 0 bridgehead atoms. The molecule has 0 saturated heterocycles. The fourth-order valence-corrected chi connectivity index (χ4v) is 2.95. The Labute approximate surface area is 135 Å². The summed E-state index contributed by atoms with van der Waals surface area (Å²) in [5.74, 6) is -0.307. The van der Waals surface area contributed by atoms with Crippen LogP contribution in [0.3, 0.4) is 0 Å². The molecule has 3 aromatic rings. The zero-order valence-corrected chi connectivity index (χ0v) is 14.0. The van der Waals surface area contributed by atoms with Gasteiger partial charge in [-0.25, -0.2) is 4.39 Å². The summed E-state index contributed by atoms with van der Waals surface area (Å²) in [5, 5.41) is 0. The predicted molar refractivity (Wildman–Crippen MR) is 88.8 cm³/mol. The number of H-pyrrole nitrogens is 1. The van der Waals surface area contributed by atoms with Crippen LogP contribution in [0.1, 0.15) is 0 Å². The zero-order chi connectivity index (χ0) is 13.6. The van der Waals surface area contributed by atoms with E-state index >= 15 is 0 Å². The molecular weight excluding hydrogens is 442 g/mol. The van der Waals surface area contributed by atoms with E-state index in [9.17, 15) is 4.39 Å². The molecule has 0 aliphatic rings. The smallest absolute Gasteiger partial charge is 0.182 e. The van der Waals surface area contributed by atoms with Crippen molar-refractivity contribution in [2.75, 3.05) is 0 Å². The van der Waals surface area contributed by atoms with Gasteiger partial charge in [-0.1, -0.05) is 0 Å². The first-order valence-corrected chi connectivity index (χ1v) is 7.70. The summed E-state index contributed by atoms with van der Waals surface area (Å²) in [5.41, 5.74) is 2.49. The predicted octanol–water partition coefficient (Wildman–Crippen LogP) is 5.19. The lowest BCUT2D eigenvalue weighted by atomic mass is 10.3. The minimum absolute atomic E-state index is 0.307. The molecule has 0 atom stereocenters. The minimum Gasteiger partial charge on any atom is -0.330 e. The molecule has 0 amide bonds. The van der Waals surface area contributed by atoms with Crippen LogP contribution in [0.4, 0.5) is 4.39 Å². The first kappa shape index (κ1) is 13.3. The SMILES string of the molecule is Fc1cc2[nH]c(=S)n(-c3ccc(I)cc3)c2cc1Br. The van der Waals surface area contributed by atoms with Crippen molar-refractivity contribution in [1.29, 1.82) is 0 Å². The van der Waals surface area contributed by atoms with E-state index in [1.165, 1.54) is 6.07 Å². The number of imidazole rings is 1. The van der Waals surface area contributed by atoms with E-state index in [-0.39, 0.29) is 5.82 Å². The lowest BCUT2D eigenvalue weighted by Crippen LogP contribution is -1.94. The molecule has 2 nitrogen and oxygen atoms in total. The van der Waals surface area contributed by atoms with Crippen molar-refractivity contribution < 1.29 is 4.39 Å². The molecule has 0 aliphatic heterocycles. The van der Waals surface area contributed by atoms with Crippen LogP contribution in [0, 0.1) is 14.2 Å². The highest BCUT2D eigenvalue weighted by molar-refractivity contribution is 14.1. The number of halogens is 3. The molecule has 6 heteroatoms. The maximum absolute atomic E-state index is 13.5. The van der Waals surface area contributed by atoms with Gasteiger partial charge in [0.25, 0.3) is 0 Å². The summed E-state index contributed by atoms with van der Waals surface area (Å²) in [6.07, 6.45) is 0. The summed E-state index contributed by atoms with van der Waals surface area (Å²) in [6, 6.07) is 11.2. The molecule has 0 unspecified atom stereocenters. The molecule has 96 valence electrons. The molecule has 2 aromatic carbocycles. The van der Waals surface area contributed by atoms with E-state index in [0.717, 1.165) is 14.8 Å². The number of aromatic amines is 1. The number of aromatic nitrogens is 2. The maximum Gasteiger partial charge on any atom is 0.182 e. The monoisotopic (exact) mass is 448 g/mol. The van der Waals surface area contributed by atoms with Crippen LogP contribution in [-0.2, 0) is 0 Å². The van der Waals surface area contributed by atoms with Gasteiger partial charge in [0.15, 0.2) is 4.77 Å². The Morgan fingerprint density at radius 3 is 2.58 bits per heavy atom. The first-order chi connectivity index (χ1) is 9.06. The molecule has 19 heavy (non-hydrogen) atoms. The third kappa shape index (κ3) is 2.36. The Morgan fingerprint density at radius 2 is 1.89 bits per heavy atom. The minimum atomic E-state index is -0.307. The normalized spacial score (nSPS) is 11.1. The number of hydrogen-bond acceptors (Lipinski definition) is 1. The van der Waals surface area contributed by atoms with Crippen molar-refractivity contribution in [3.05, 3.63) is 55.0 Å². The van der Waals surface area contributed by atoms with Crippen molar-refractivity contribution >= 4 is 61.8 Å². The van der Waals surface area contributed by atoms with Gasteiger partial charge >= 0.3 is 0 Å². The summed E-state index contributed by atoms with van der Waals surface area (Å²) >= 11 is 10.8. The number of nitrogens with zero attached hydrogens (tertiary/aromatic N) is 1. The summed E-state index contributed by atoms with van der Waals surface area (Å²) in [7, 11) is 0. The first-order valence-electron chi connectivity index (χ1n) is 5.42. The molecular formula is C13H7BrFIN2S. The van der Waals surface area contributed by atoms with Crippen molar-refractivity contribution in [3.63, 3.8) is 0 Å². The average molecular weight is 449 g/mol. The summed E-state index contributed by atoms with van der Waals surface area (Å²) in [4.78, 5) is 3.02. The van der Waals surface area contributed by atoms with E-state index in [2.05, 4.69) is 43.5 Å². The van der Waals surface area contributed by atoms with Crippen LogP contribution in [0.2, 0.25) is 0 Å². The fourth-order valence-electron chi connectivity index (χ4n) is 1.95. The Kier molecular flexibility index (Phi) is 3.48. The fraction of sp³-hybridized carbons (Fsp3) is 0. The highest BCUT2D eigenvalue weighted by atomic mass is 127. The van der Waals surface area contributed by atoms with E-state index in [4.69, 9.17) is 12.2 Å². The largest absolute Gasteiger partial charge is 0.330 e. The van der Waals surface area contributed by atoms with Crippen LogP contribution < -0.4 is 0 Å². The van der Waals surface area contributed by atoms with Crippen molar-refractivity contribution in [3.8, 4) is 5.69 Å². The molecule has 0 aliphatic carbocycles. The van der Waals surface area contributed by atoms with Gasteiger partial charge in [0.1, 0.15) is 5.82 Å². The number of benzene rings is 2. The maximum atomic E-state index is 13.5. The molecule has 1 heterocycles.